The van der Waals surface area contributed by atoms with Gasteiger partial charge in [-0.1, -0.05) is 0 Å². The molecule has 8 nitrogen and oxygen atoms in total. The predicted octanol–water partition coefficient (Wildman–Crippen LogP) is 2.17. The Balaban J connectivity index is 1.74. The van der Waals surface area contributed by atoms with Crippen LogP contribution in [0.5, 0.6) is 0 Å². The summed E-state index contributed by atoms with van der Waals surface area (Å²) in [5.41, 5.74) is 4.29. The zero-order valence-corrected chi connectivity index (χ0v) is 16.2. The lowest BCUT2D eigenvalue weighted by molar-refractivity contribution is 0.0734. The lowest BCUT2D eigenvalue weighted by Gasteiger charge is -2.25. The fourth-order valence-corrected chi connectivity index (χ4v) is 4.27. The summed E-state index contributed by atoms with van der Waals surface area (Å²) in [6.07, 6.45) is 4.99. The van der Waals surface area contributed by atoms with Crippen molar-refractivity contribution >= 4 is 28.8 Å². The number of likely N-dealkylation sites (tertiary alicyclic amines) is 1. The van der Waals surface area contributed by atoms with Gasteiger partial charge >= 0.3 is 0 Å². The summed E-state index contributed by atoms with van der Waals surface area (Å²) < 4.78 is 1.69. The smallest absolute Gasteiger partial charge is 0.266 e. The van der Waals surface area contributed by atoms with Gasteiger partial charge in [-0.05, 0) is 25.8 Å². The molecule has 0 saturated carbocycles. The van der Waals surface area contributed by atoms with Crippen LogP contribution in [0, 0.1) is 6.92 Å². The quantitative estimate of drug-likeness (QED) is 0.691. The minimum absolute atomic E-state index is 0.000732. The van der Waals surface area contributed by atoms with Crippen molar-refractivity contribution in [3.05, 3.63) is 45.8 Å². The van der Waals surface area contributed by atoms with Gasteiger partial charge in [0.05, 0.1) is 29.1 Å². The number of hydrogen-bond donors (Lipinski definition) is 0. The van der Waals surface area contributed by atoms with Gasteiger partial charge < -0.3 is 9.80 Å². The molecule has 1 saturated heterocycles. The SMILES string of the molecule is Cc1ncsc1C(=O)N1CCCC1c1ccnc2c(C(=O)N(C)C)cnn12. The Kier molecular flexibility index (Phi) is 4.39. The Bertz CT molecular complexity index is 1020. The molecule has 1 unspecified atom stereocenters. The topological polar surface area (TPSA) is 83.7 Å². The summed E-state index contributed by atoms with van der Waals surface area (Å²) in [7, 11) is 3.40. The van der Waals surface area contributed by atoms with Crippen molar-refractivity contribution in [2.45, 2.75) is 25.8 Å². The van der Waals surface area contributed by atoms with Gasteiger partial charge in [-0.3, -0.25) is 9.59 Å². The maximum absolute atomic E-state index is 13.0. The van der Waals surface area contributed by atoms with Crippen molar-refractivity contribution in [1.29, 1.82) is 0 Å². The van der Waals surface area contributed by atoms with Gasteiger partial charge in [-0.2, -0.15) is 5.10 Å². The van der Waals surface area contributed by atoms with Crippen LogP contribution < -0.4 is 0 Å². The maximum atomic E-state index is 13.0. The van der Waals surface area contributed by atoms with Gasteiger partial charge in [-0.25, -0.2) is 14.5 Å². The number of amides is 2. The lowest BCUT2D eigenvalue weighted by Crippen LogP contribution is -2.31. The number of carbonyl (C=O) groups excluding carboxylic acids is 2. The van der Waals surface area contributed by atoms with E-state index in [4.69, 9.17) is 0 Å². The molecule has 27 heavy (non-hydrogen) atoms. The first kappa shape index (κ1) is 17.6. The first-order valence-corrected chi connectivity index (χ1v) is 9.62. The first-order chi connectivity index (χ1) is 13.0. The number of rotatable bonds is 3. The highest BCUT2D eigenvalue weighted by molar-refractivity contribution is 7.11. The molecule has 140 valence electrons. The third kappa shape index (κ3) is 2.87. The lowest BCUT2D eigenvalue weighted by atomic mass is 10.1. The van der Waals surface area contributed by atoms with E-state index >= 15 is 0 Å². The van der Waals surface area contributed by atoms with Crippen molar-refractivity contribution in [3.63, 3.8) is 0 Å². The van der Waals surface area contributed by atoms with Crippen LogP contribution in [0.1, 0.15) is 50.3 Å². The van der Waals surface area contributed by atoms with E-state index < -0.39 is 0 Å². The van der Waals surface area contributed by atoms with Gasteiger partial charge in [0.25, 0.3) is 11.8 Å². The fraction of sp³-hybridized carbons (Fsp3) is 0.389. The zero-order chi connectivity index (χ0) is 19.1. The molecule has 3 aromatic rings. The monoisotopic (exact) mass is 384 g/mol. The van der Waals surface area contributed by atoms with Gasteiger partial charge in [0.15, 0.2) is 5.65 Å². The van der Waals surface area contributed by atoms with Gasteiger partial charge in [0.1, 0.15) is 10.4 Å². The van der Waals surface area contributed by atoms with E-state index in [9.17, 15) is 9.59 Å². The van der Waals surface area contributed by atoms with Crippen LogP contribution in [0.25, 0.3) is 5.65 Å². The second kappa shape index (κ2) is 6.73. The number of aromatic nitrogens is 4. The third-order valence-corrected chi connectivity index (χ3v) is 5.78. The number of thiazole rings is 1. The van der Waals surface area contributed by atoms with Crippen molar-refractivity contribution in [2.24, 2.45) is 0 Å². The number of hydrogen-bond acceptors (Lipinski definition) is 6. The minimum Gasteiger partial charge on any atom is -0.345 e. The molecule has 3 aromatic heterocycles. The highest BCUT2D eigenvalue weighted by atomic mass is 32.1. The molecule has 1 atom stereocenters. The standard InChI is InChI=1S/C18H20N6O2S/c1-11-15(27-10-20-11)18(26)23-8-4-5-13(23)14-6-7-19-16-12(9-21-24(14)16)17(25)22(2)3/h6-7,9-10,13H,4-5,8H2,1-3H3. The van der Waals surface area contributed by atoms with Crippen LogP contribution in [0.4, 0.5) is 0 Å². The first-order valence-electron chi connectivity index (χ1n) is 8.74. The highest BCUT2D eigenvalue weighted by Crippen LogP contribution is 2.34. The van der Waals surface area contributed by atoms with E-state index in [0.717, 1.165) is 24.2 Å². The molecule has 9 heteroatoms. The fourth-order valence-electron chi connectivity index (χ4n) is 3.51. The third-order valence-electron chi connectivity index (χ3n) is 4.86. The Morgan fingerprint density at radius 1 is 1.30 bits per heavy atom. The van der Waals surface area contributed by atoms with Crippen molar-refractivity contribution in [1.82, 2.24) is 29.4 Å². The van der Waals surface area contributed by atoms with E-state index in [2.05, 4.69) is 15.1 Å². The van der Waals surface area contributed by atoms with Crippen LogP contribution in [-0.2, 0) is 0 Å². The Morgan fingerprint density at radius 3 is 2.81 bits per heavy atom. The van der Waals surface area contributed by atoms with Crippen LogP contribution >= 0.6 is 11.3 Å². The Labute approximate surface area is 160 Å². The van der Waals surface area contributed by atoms with Crippen LogP contribution in [-0.4, -0.2) is 61.8 Å². The van der Waals surface area contributed by atoms with E-state index in [1.165, 1.54) is 16.2 Å². The molecule has 0 N–H and O–H groups in total. The van der Waals surface area contributed by atoms with Crippen LogP contribution in [0.2, 0.25) is 0 Å². The number of nitrogens with zero attached hydrogens (tertiary/aromatic N) is 6. The average Bonchev–Trinajstić information content (AvgIpc) is 3.39. The van der Waals surface area contributed by atoms with Gasteiger partial charge in [-0.15, -0.1) is 11.3 Å². The Hall–Kier alpha value is -2.81. The summed E-state index contributed by atoms with van der Waals surface area (Å²) in [5.74, 6) is -0.145. The van der Waals surface area contributed by atoms with Crippen molar-refractivity contribution in [2.75, 3.05) is 20.6 Å². The second-order valence-electron chi connectivity index (χ2n) is 6.79. The summed E-state index contributed by atoms with van der Waals surface area (Å²) in [4.78, 5) is 38.0. The van der Waals surface area contributed by atoms with Gasteiger partial charge in [0, 0.05) is 26.8 Å². The van der Waals surface area contributed by atoms with E-state index in [0.29, 0.717) is 22.6 Å². The van der Waals surface area contributed by atoms with Crippen molar-refractivity contribution in [3.8, 4) is 0 Å². The molecule has 0 radical (unpaired) electrons. The second-order valence-corrected chi connectivity index (χ2v) is 7.64. The Morgan fingerprint density at radius 2 is 2.11 bits per heavy atom. The largest absolute Gasteiger partial charge is 0.345 e. The summed E-state index contributed by atoms with van der Waals surface area (Å²) >= 11 is 1.37. The van der Waals surface area contributed by atoms with Crippen LogP contribution in [0.15, 0.2) is 24.0 Å². The molecule has 1 fully saturated rings. The van der Waals surface area contributed by atoms with E-state index in [1.54, 1.807) is 36.5 Å². The molecule has 4 rings (SSSR count). The maximum Gasteiger partial charge on any atom is 0.266 e. The molecule has 2 amide bonds. The van der Waals surface area contributed by atoms with Crippen molar-refractivity contribution < 1.29 is 9.59 Å². The highest BCUT2D eigenvalue weighted by Gasteiger charge is 2.34. The molecule has 1 aliphatic heterocycles. The summed E-state index contributed by atoms with van der Waals surface area (Å²) in [6, 6.07) is 1.77. The summed E-state index contributed by atoms with van der Waals surface area (Å²) in [5, 5.41) is 4.40. The molecule has 0 spiro atoms. The molecule has 1 aliphatic rings. The van der Waals surface area contributed by atoms with Crippen LogP contribution in [0.3, 0.4) is 0 Å². The van der Waals surface area contributed by atoms with Gasteiger partial charge in [0.2, 0.25) is 0 Å². The molecule has 0 aromatic carbocycles. The molecule has 0 bridgehead atoms. The zero-order valence-electron chi connectivity index (χ0n) is 15.4. The van der Waals surface area contributed by atoms with E-state index in [1.807, 2.05) is 17.9 Å². The summed E-state index contributed by atoms with van der Waals surface area (Å²) in [6.45, 7) is 2.54. The molecule has 0 aliphatic carbocycles. The minimum atomic E-state index is -0.144. The molecule has 4 heterocycles. The average molecular weight is 384 g/mol. The normalized spacial score (nSPS) is 16.9. The number of carbonyl (C=O) groups is 2. The predicted molar refractivity (Wildman–Crippen MR) is 101 cm³/mol. The van der Waals surface area contributed by atoms with E-state index in [-0.39, 0.29) is 17.9 Å². The number of aryl methyl sites for hydroxylation is 1. The molecular formula is C18H20N6O2S. The molecular weight excluding hydrogens is 364 g/mol. The number of fused-ring (bicyclic) bond motifs is 1.